The molecule has 0 radical (unpaired) electrons. The van der Waals surface area contributed by atoms with Crippen molar-refractivity contribution in [3.8, 4) is 11.5 Å². The van der Waals surface area contributed by atoms with E-state index in [1.807, 2.05) is 18.2 Å². The van der Waals surface area contributed by atoms with Gasteiger partial charge in [0.15, 0.2) is 0 Å². The van der Waals surface area contributed by atoms with Gasteiger partial charge in [-0.15, -0.1) is 0 Å². The highest BCUT2D eigenvalue weighted by molar-refractivity contribution is 6.33. The molecule has 1 aliphatic rings. The molecule has 2 heterocycles. The number of aryl methyl sites for hydroxylation is 1. The Morgan fingerprint density at radius 3 is 2.52 bits per heavy atom. The van der Waals surface area contributed by atoms with E-state index in [9.17, 15) is 9.59 Å². The Morgan fingerprint density at radius 1 is 1.19 bits per heavy atom. The zero-order chi connectivity index (χ0) is 19.4. The minimum atomic E-state index is -0.332. The maximum atomic E-state index is 12.6. The summed E-state index contributed by atoms with van der Waals surface area (Å²) in [6, 6.07) is 7.29. The Kier molecular flexibility index (Phi) is 6.01. The third kappa shape index (κ3) is 4.42. The van der Waals surface area contributed by atoms with Gasteiger partial charge in [0.1, 0.15) is 5.76 Å². The van der Waals surface area contributed by atoms with Gasteiger partial charge in [0.2, 0.25) is 11.8 Å². The molecule has 0 N–H and O–H groups in total. The van der Waals surface area contributed by atoms with E-state index in [4.69, 9.17) is 20.8 Å². The Hall–Kier alpha value is -2.54. The number of hydrogen-bond acceptors (Lipinski definition) is 5. The second-order valence-electron chi connectivity index (χ2n) is 6.25. The number of benzene rings is 1. The van der Waals surface area contributed by atoms with Crippen molar-refractivity contribution in [3.05, 3.63) is 40.7 Å². The molecular formula is C19H22ClN3O4. The van der Waals surface area contributed by atoms with Gasteiger partial charge in [-0.2, -0.15) is 0 Å². The number of piperazine rings is 1. The first kappa shape index (κ1) is 19.2. The number of amides is 2. The molecule has 1 aromatic heterocycles. The molecule has 0 bridgehead atoms. The highest BCUT2D eigenvalue weighted by atomic mass is 35.5. The molecule has 1 fully saturated rings. The molecule has 8 heteroatoms. The van der Waals surface area contributed by atoms with Crippen molar-refractivity contribution in [1.82, 2.24) is 14.8 Å². The zero-order valence-electron chi connectivity index (χ0n) is 15.4. The van der Waals surface area contributed by atoms with E-state index in [-0.39, 0.29) is 18.4 Å². The minimum Gasteiger partial charge on any atom is -0.450 e. The summed E-state index contributed by atoms with van der Waals surface area (Å²) in [5.41, 5.74) is 1.30. The standard InChI is InChI=1S/C19H22ClN3O4/c1-3-26-19(25)23-10-8-22(9-11-23)17(24)12-16-13(2)27-18(21-16)14-6-4-5-7-15(14)20/h4-7H,3,8-12H2,1-2H3. The van der Waals surface area contributed by atoms with Gasteiger partial charge in [-0.05, 0) is 26.0 Å². The number of aromatic nitrogens is 1. The molecule has 0 atom stereocenters. The smallest absolute Gasteiger partial charge is 0.409 e. The predicted octanol–water partition coefficient (Wildman–Crippen LogP) is 3.15. The summed E-state index contributed by atoms with van der Waals surface area (Å²) in [6.45, 7) is 5.79. The summed E-state index contributed by atoms with van der Waals surface area (Å²) in [5, 5.41) is 0.548. The monoisotopic (exact) mass is 391 g/mol. The lowest BCUT2D eigenvalue weighted by atomic mass is 10.2. The number of rotatable bonds is 4. The Bertz CT molecular complexity index is 828. The maximum absolute atomic E-state index is 12.6. The summed E-state index contributed by atoms with van der Waals surface area (Å²) >= 11 is 6.19. The van der Waals surface area contributed by atoms with Crippen molar-refractivity contribution in [2.75, 3.05) is 32.8 Å². The van der Waals surface area contributed by atoms with Crippen LogP contribution in [0.3, 0.4) is 0 Å². The Labute approximate surface area is 162 Å². The molecular weight excluding hydrogens is 370 g/mol. The van der Waals surface area contributed by atoms with Crippen LogP contribution in [-0.4, -0.2) is 59.6 Å². The molecule has 1 aromatic carbocycles. The lowest BCUT2D eigenvalue weighted by Gasteiger charge is -2.34. The maximum Gasteiger partial charge on any atom is 0.409 e. The highest BCUT2D eigenvalue weighted by Crippen LogP contribution is 2.28. The third-order valence-electron chi connectivity index (χ3n) is 4.47. The summed E-state index contributed by atoms with van der Waals surface area (Å²) in [6.07, 6.45) is -0.180. The lowest BCUT2D eigenvalue weighted by Crippen LogP contribution is -2.51. The van der Waals surface area contributed by atoms with Gasteiger partial charge in [0.05, 0.1) is 29.3 Å². The Balaban J connectivity index is 1.62. The molecule has 1 saturated heterocycles. The molecule has 27 heavy (non-hydrogen) atoms. The van der Waals surface area contributed by atoms with Crippen LogP contribution in [0.1, 0.15) is 18.4 Å². The fourth-order valence-electron chi connectivity index (χ4n) is 2.95. The fraction of sp³-hybridized carbons (Fsp3) is 0.421. The molecule has 0 aliphatic carbocycles. The lowest BCUT2D eigenvalue weighted by molar-refractivity contribution is -0.132. The van der Waals surface area contributed by atoms with Crippen molar-refractivity contribution in [1.29, 1.82) is 0 Å². The van der Waals surface area contributed by atoms with E-state index in [1.165, 1.54) is 0 Å². The summed E-state index contributed by atoms with van der Waals surface area (Å²) in [4.78, 5) is 32.2. The molecule has 7 nitrogen and oxygen atoms in total. The van der Waals surface area contributed by atoms with E-state index < -0.39 is 0 Å². The van der Waals surface area contributed by atoms with Crippen LogP contribution >= 0.6 is 11.6 Å². The predicted molar refractivity (Wildman–Crippen MR) is 101 cm³/mol. The van der Waals surface area contributed by atoms with Crippen molar-refractivity contribution in [3.63, 3.8) is 0 Å². The van der Waals surface area contributed by atoms with Crippen molar-refractivity contribution in [2.45, 2.75) is 20.3 Å². The minimum absolute atomic E-state index is 0.0411. The molecule has 0 unspecified atom stereocenters. The second kappa shape index (κ2) is 8.43. The molecule has 3 rings (SSSR count). The summed E-state index contributed by atoms with van der Waals surface area (Å²) < 4.78 is 10.7. The first-order valence-corrected chi connectivity index (χ1v) is 9.28. The van der Waals surface area contributed by atoms with Crippen molar-refractivity contribution >= 4 is 23.6 Å². The number of halogens is 1. The van der Waals surface area contributed by atoms with E-state index >= 15 is 0 Å². The van der Waals surface area contributed by atoms with Crippen LogP contribution in [0.4, 0.5) is 4.79 Å². The first-order chi connectivity index (χ1) is 13.0. The molecule has 1 aliphatic heterocycles. The van der Waals surface area contributed by atoms with Crippen LogP contribution in [-0.2, 0) is 16.0 Å². The van der Waals surface area contributed by atoms with E-state index in [0.29, 0.717) is 60.7 Å². The van der Waals surface area contributed by atoms with Crippen LogP contribution in [0.5, 0.6) is 0 Å². The first-order valence-electron chi connectivity index (χ1n) is 8.90. The van der Waals surface area contributed by atoms with Gasteiger partial charge >= 0.3 is 6.09 Å². The van der Waals surface area contributed by atoms with Gasteiger partial charge < -0.3 is 19.0 Å². The third-order valence-corrected chi connectivity index (χ3v) is 4.80. The van der Waals surface area contributed by atoms with Gasteiger partial charge in [0, 0.05) is 26.2 Å². The number of oxazole rings is 1. The summed E-state index contributed by atoms with van der Waals surface area (Å²) in [7, 11) is 0. The number of carbonyl (C=O) groups is 2. The van der Waals surface area contributed by atoms with E-state index in [0.717, 1.165) is 0 Å². The number of nitrogens with zero attached hydrogens (tertiary/aromatic N) is 3. The average molecular weight is 392 g/mol. The van der Waals surface area contributed by atoms with Crippen LogP contribution in [0.15, 0.2) is 28.7 Å². The largest absolute Gasteiger partial charge is 0.450 e. The van der Waals surface area contributed by atoms with E-state index in [1.54, 1.807) is 29.7 Å². The summed E-state index contributed by atoms with van der Waals surface area (Å²) in [5.74, 6) is 0.970. The second-order valence-corrected chi connectivity index (χ2v) is 6.65. The topological polar surface area (TPSA) is 75.9 Å². The molecule has 2 amide bonds. The van der Waals surface area contributed by atoms with Gasteiger partial charge in [0.25, 0.3) is 0 Å². The number of hydrogen-bond donors (Lipinski definition) is 0. The van der Waals surface area contributed by atoms with Crippen molar-refractivity contribution in [2.24, 2.45) is 0 Å². The number of carbonyl (C=O) groups excluding carboxylic acids is 2. The number of ether oxygens (including phenoxy) is 1. The van der Waals surface area contributed by atoms with E-state index in [2.05, 4.69) is 4.98 Å². The SMILES string of the molecule is CCOC(=O)N1CCN(C(=O)Cc2nc(-c3ccccc3Cl)oc2C)CC1. The highest BCUT2D eigenvalue weighted by Gasteiger charge is 2.26. The van der Waals surface area contributed by atoms with Crippen LogP contribution < -0.4 is 0 Å². The van der Waals surface area contributed by atoms with Gasteiger partial charge in [-0.1, -0.05) is 23.7 Å². The van der Waals surface area contributed by atoms with Crippen molar-refractivity contribution < 1.29 is 18.7 Å². The molecule has 2 aromatic rings. The van der Waals surface area contributed by atoms with Crippen LogP contribution in [0.25, 0.3) is 11.5 Å². The van der Waals surface area contributed by atoms with Crippen LogP contribution in [0, 0.1) is 6.92 Å². The van der Waals surface area contributed by atoms with Crippen LogP contribution in [0.2, 0.25) is 5.02 Å². The average Bonchev–Trinajstić information content (AvgIpc) is 3.02. The normalized spacial score (nSPS) is 14.3. The van der Waals surface area contributed by atoms with Gasteiger partial charge in [-0.25, -0.2) is 9.78 Å². The molecule has 0 spiro atoms. The van der Waals surface area contributed by atoms with Gasteiger partial charge in [-0.3, -0.25) is 4.79 Å². The molecule has 144 valence electrons. The molecule has 0 saturated carbocycles. The zero-order valence-corrected chi connectivity index (χ0v) is 16.2. The quantitative estimate of drug-likeness (QED) is 0.800. The Morgan fingerprint density at radius 2 is 1.85 bits per heavy atom. The fourth-order valence-corrected chi connectivity index (χ4v) is 3.17.